The third-order valence-corrected chi connectivity index (χ3v) is 5.76. The summed E-state index contributed by atoms with van der Waals surface area (Å²) in [7, 11) is 0. The summed E-state index contributed by atoms with van der Waals surface area (Å²) in [5.41, 5.74) is 9.98. The Hall–Kier alpha value is -3.03. The van der Waals surface area contributed by atoms with Crippen LogP contribution in [0.3, 0.4) is 0 Å². The number of nitrogens with one attached hydrogen (secondary N) is 1. The third kappa shape index (κ3) is 3.62. The largest absolute Gasteiger partial charge is 0.357 e. The molecule has 8 heteroatoms. The molecule has 1 saturated heterocycles. The molecule has 0 atom stereocenters. The molecule has 1 aliphatic rings. The number of aromatic nitrogens is 4. The monoisotopic (exact) mass is 422 g/mol. The van der Waals surface area contributed by atoms with E-state index >= 15 is 0 Å². The van der Waals surface area contributed by atoms with Crippen molar-refractivity contribution in [3.63, 3.8) is 0 Å². The minimum Gasteiger partial charge on any atom is -0.357 e. The van der Waals surface area contributed by atoms with Crippen molar-refractivity contribution in [3.8, 4) is 22.5 Å². The van der Waals surface area contributed by atoms with Crippen LogP contribution >= 0.6 is 11.6 Å². The van der Waals surface area contributed by atoms with Gasteiger partial charge in [-0.05, 0) is 49.2 Å². The van der Waals surface area contributed by atoms with Crippen molar-refractivity contribution in [2.24, 2.45) is 5.73 Å². The molecule has 1 fully saturated rings. The second-order valence-electron chi connectivity index (χ2n) is 7.54. The minimum absolute atomic E-state index is 0.0588. The molecule has 0 amide bonds. The maximum Gasteiger partial charge on any atom is 0.178 e. The molecule has 0 unspecified atom stereocenters. The van der Waals surface area contributed by atoms with Crippen LogP contribution in [-0.4, -0.2) is 39.1 Å². The highest BCUT2D eigenvalue weighted by Crippen LogP contribution is 2.27. The molecule has 30 heavy (non-hydrogen) atoms. The van der Waals surface area contributed by atoms with Gasteiger partial charge in [0.15, 0.2) is 5.65 Å². The standard InChI is InChI=1S/C22H20ClFN6/c23-17-9-13(1-3-18(17)24)21-28-19-10-15(12-27-22(19)29-21)14-2-4-20(26-11-14)30-7-5-16(25)6-8-30/h1-4,9-12,16H,5-8,25H2,(H,27,28,29). The molecule has 0 bridgehead atoms. The number of fused-ring (bicyclic) bond motifs is 1. The van der Waals surface area contributed by atoms with Crippen LogP contribution in [-0.2, 0) is 0 Å². The van der Waals surface area contributed by atoms with Gasteiger partial charge in [-0.25, -0.2) is 19.3 Å². The van der Waals surface area contributed by atoms with E-state index in [2.05, 4.69) is 30.9 Å². The van der Waals surface area contributed by atoms with Gasteiger partial charge in [-0.2, -0.15) is 0 Å². The first-order chi connectivity index (χ1) is 14.6. The summed E-state index contributed by atoms with van der Waals surface area (Å²) < 4.78 is 13.4. The van der Waals surface area contributed by atoms with E-state index < -0.39 is 5.82 Å². The maximum absolute atomic E-state index is 13.4. The number of anilines is 1. The molecule has 4 aromatic rings. The summed E-state index contributed by atoms with van der Waals surface area (Å²) >= 11 is 5.89. The van der Waals surface area contributed by atoms with E-state index in [1.807, 2.05) is 18.3 Å². The fourth-order valence-electron chi connectivity index (χ4n) is 3.71. The van der Waals surface area contributed by atoms with Gasteiger partial charge in [0.2, 0.25) is 0 Å². The Labute approximate surface area is 177 Å². The minimum atomic E-state index is -0.458. The van der Waals surface area contributed by atoms with Crippen molar-refractivity contribution >= 4 is 28.6 Å². The van der Waals surface area contributed by atoms with Gasteiger partial charge in [0.05, 0.1) is 10.5 Å². The molecular weight excluding hydrogens is 403 g/mol. The molecule has 1 aliphatic heterocycles. The molecule has 3 N–H and O–H groups in total. The van der Waals surface area contributed by atoms with Gasteiger partial charge in [-0.1, -0.05) is 11.6 Å². The van der Waals surface area contributed by atoms with Crippen LogP contribution in [0.25, 0.3) is 33.7 Å². The summed E-state index contributed by atoms with van der Waals surface area (Å²) in [5, 5.41) is 0.0588. The van der Waals surface area contributed by atoms with E-state index in [4.69, 9.17) is 17.3 Å². The molecular formula is C22H20ClFN6. The van der Waals surface area contributed by atoms with Crippen molar-refractivity contribution in [1.82, 2.24) is 19.9 Å². The normalized spacial score (nSPS) is 15.1. The number of benzene rings is 1. The van der Waals surface area contributed by atoms with Crippen LogP contribution in [0.2, 0.25) is 5.02 Å². The van der Waals surface area contributed by atoms with Crippen LogP contribution in [0, 0.1) is 5.82 Å². The van der Waals surface area contributed by atoms with Gasteiger partial charge >= 0.3 is 0 Å². The van der Waals surface area contributed by atoms with Crippen molar-refractivity contribution in [3.05, 3.63) is 59.6 Å². The summed E-state index contributed by atoms with van der Waals surface area (Å²) in [5.74, 6) is 1.10. The maximum atomic E-state index is 13.4. The first-order valence-corrected chi connectivity index (χ1v) is 10.2. The van der Waals surface area contributed by atoms with E-state index in [0.29, 0.717) is 23.1 Å². The number of aromatic amines is 1. The summed E-state index contributed by atoms with van der Waals surface area (Å²) in [6, 6.07) is 10.9. The topological polar surface area (TPSA) is 83.7 Å². The molecule has 0 spiro atoms. The Balaban J connectivity index is 1.41. The van der Waals surface area contributed by atoms with Gasteiger partial charge in [-0.15, -0.1) is 0 Å². The first-order valence-electron chi connectivity index (χ1n) is 9.85. The number of rotatable bonds is 3. The smallest absolute Gasteiger partial charge is 0.178 e. The predicted octanol–water partition coefficient (Wildman–Crippen LogP) is 4.41. The van der Waals surface area contributed by atoms with Gasteiger partial charge in [-0.3, -0.25) is 0 Å². The van der Waals surface area contributed by atoms with E-state index in [9.17, 15) is 4.39 Å². The quantitative estimate of drug-likeness (QED) is 0.511. The number of H-pyrrole nitrogens is 1. The van der Waals surface area contributed by atoms with Gasteiger partial charge < -0.3 is 15.6 Å². The molecule has 0 aliphatic carbocycles. The van der Waals surface area contributed by atoms with Crippen molar-refractivity contribution in [1.29, 1.82) is 0 Å². The Kier molecular flexibility index (Phi) is 4.84. The lowest BCUT2D eigenvalue weighted by Gasteiger charge is -2.31. The van der Waals surface area contributed by atoms with Crippen LogP contribution < -0.4 is 10.6 Å². The van der Waals surface area contributed by atoms with E-state index in [1.54, 1.807) is 18.3 Å². The number of piperidine rings is 1. The van der Waals surface area contributed by atoms with Gasteiger partial charge in [0.1, 0.15) is 17.5 Å². The summed E-state index contributed by atoms with van der Waals surface area (Å²) in [6.45, 7) is 1.87. The molecule has 1 aromatic carbocycles. The van der Waals surface area contributed by atoms with Crippen LogP contribution in [0.4, 0.5) is 10.2 Å². The lowest BCUT2D eigenvalue weighted by Crippen LogP contribution is -2.40. The number of hydrogen-bond donors (Lipinski definition) is 2. The molecule has 3 aromatic heterocycles. The fraction of sp³-hybridized carbons (Fsp3) is 0.227. The second-order valence-corrected chi connectivity index (χ2v) is 7.95. The van der Waals surface area contributed by atoms with Crippen molar-refractivity contribution < 1.29 is 4.39 Å². The van der Waals surface area contributed by atoms with Crippen LogP contribution in [0.5, 0.6) is 0 Å². The van der Waals surface area contributed by atoms with Crippen LogP contribution in [0.15, 0.2) is 48.8 Å². The number of nitrogens with two attached hydrogens (primary N) is 1. The molecule has 0 radical (unpaired) electrons. The molecule has 4 heterocycles. The number of hydrogen-bond acceptors (Lipinski definition) is 5. The highest BCUT2D eigenvalue weighted by molar-refractivity contribution is 6.31. The van der Waals surface area contributed by atoms with Gasteiger partial charge in [0, 0.05) is 48.2 Å². The van der Waals surface area contributed by atoms with Gasteiger partial charge in [0.25, 0.3) is 0 Å². The fourth-order valence-corrected chi connectivity index (χ4v) is 3.89. The summed E-state index contributed by atoms with van der Waals surface area (Å²) in [4.78, 5) is 19.1. The SMILES string of the molecule is NC1CCN(c2ccc(-c3cnc4nc(-c5ccc(F)c(Cl)c5)[nH]c4c3)cn2)CC1. The zero-order chi connectivity index (χ0) is 20.7. The summed E-state index contributed by atoms with van der Waals surface area (Å²) in [6.07, 6.45) is 5.63. The van der Waals surface area contributed by atoms with E-state index in [-0.39, 0.29) is 5.02 Å². The number of nitrogens with zero attached hydrogens (tertiary/aromatic N) is 4. The van der Waals surface area contributed by atoms with E-state index in [0.717, 1.165) is 48.4 Å². The highest BCUT2D eigenvalue weighted by Gasteiger charge is 2.17. The number of pyridine rings is 2. The average molecular weight is 423 g/mol. The van der Waals surface area contributed by atoms with E-state index in [1.165, 1.54) is 6.07 Å². The third-order valence-electron chi connectivity index (χ3n) is 5.48. The molecule has 0 saturated carbocycles. The lowest BCUT2D eigenvalue weighted by molar-refractivity contribution is 0.498. The Morgan fingerprint density at radius 3 is 2.50 bits per heavy atom. The van der Waals surface area contributed by atoms with Crippen molar-refractivity contribution in [2.75, 3.05) is 18.0 Å². The molecule has 5 rings (SSSR count). The Bertz CT molecular complexity index is 1200. The number of imidazole rings is 1. The molecule has 152 valence electrons. The Morgan fingerprint density at radius 1 is 1.00 bits per heavy atom. The Morgan fingerprint density at radius 2 is 1.77 bits per heavy atom. The number of halogens is 2. The van der Waals surface area contributed by atoms with Crippen LogP contribution in [0.1, 0.15) is 12.8 Å². The predicted molar refractivity (Wildman–Crippen MR) is 117 cm³/mol. The molecule has 6 nitrogen and oxygen atoms in total. The second kappa shape index (κ2) is 7.66. The zero-order valence-corrected chi connectivity index (χ0v) is 16.9. The lowest BCUT2D eigenvalue weighted by atomic mass is 10.1. The highest BCUT2D eigenvalue weighted by atomic mass is 35.5. The first kappa shape index (κ1) is 19.0. The van der Waals surface area contributed by atoms with Crippen molar-refractivity contribution in [2.45, 2.75) is 18.9 Å². The average Bonchev–Trinajstić information content (AvgIpc) is 3.20. The zero-order valence-electron chi connectivity index (χ0n) is 16.1.